The molecule has 2 N–H and O–H groups in total. The first-order valence-electron chi connectivity index (χ1n) is 5.88. The Balaban J connectivity index is 2.54. The zero-order valence-corrected chi connectivity index (χ0v) is 11.1. The quantitative estimate of drug-likeness (QED) is 0.919. The van der Waals surface area contributed by atoms with Crippen molar-refractivity contribution in [2.45, 2.75) is 19.4 Å². The zero-order chi connectivity index (χ0) is 14.0. The van der Waals surface area contributed by atoms with Crippen molar-refractivity contribution in [1.82, 2.24) is 9.97 Å². The number of ether oxygens (including phenoxy) is 1. The number of hydrogen-bond donors (Lipinski definition) is 1. The molecule has 1 heterocycles. The Hall–Kier alpha value is -2.01. The summed E-state index contributed by atoms with van der Waals surface area (Å²) in [5.41, 5.74) is 6.99. The van der Waals surface area contributed by atoms with E-state index in [0.717, 1.165) is 0 Å². The largest absolute Gasteiger partial charge is 0.480 e. The Morgan fingerprint density at radius 1 is 1.26 bits per heavy atom. The number of rotatable bonds is 3. The van der Waals surface area contributed by atoms with Crippen molar-refractivity contribution in [2.75, 3.05) is 7.11 Å². The van der Waals surface area contributed by atoms with Gasteiger partial charge in [-0.2, -0.15) is 0 Å². The van der Waals surface area contributed by atoms with Crippen LogP contribution in [-0.4, -0.2) is 17.1 Å². The molecule has 0 aliphatic heterocycles. The molecular formula is C14H16FN3O. The molecule has 0 bridgehead atoms. The van der Waals surface area contributed by atoms with Crippen molar-refractivity contribution in [1.29, 1.82) is 0 Å². The molecule has 5 heteroatoms. The van der Waals surface area contributed by atoms with Gasteiger partial charge in [-0.3, -0.25) is 4.98 Å². The Morgan fingerprint density at radius 2 is 1.95 bits per heavy atom. The molecule has 0 saturated heterocycles. The molecular weight excluding hydrogens is 245 g/mol. The van der Waals surface area contributed by atoms with E-state index in [9.17, 15) is 4.39 Å². The van der Waals surface area contributed by atoms with Crippen LogP contribution in [0.2, 0.25) is 0 Å². The highest BCUT2D eigenvalue weighted by Crippen LogP contribution is 2.30. The Kier molecular flexibility index (Phi) is 3.48. The lowest BCUT2D eigenvalue weighted by molar-refractivity contribution is 0.376. The second-order valence-electron chi connectivity index (χ2n) is 4.58. The van der Waals surface area contributed by atoms with Gasteiger partial charge in [0.1, 0.15) is 11.5 Å². The highest BCUT2D eigenvalue weighted by Gasteiger charge is 2.30. The molecule has 4 nitrogen and oxygen atoms in total. The van der Waals surface area contributed by atoms with E-state index in [0.29, 0.717) is 22.7 Å². The smallest absolute Gasteiger partial charge is 0.237 e. The second kappa shape index (κ2) is 4.93. The molecule has 0 amide bonds. The van der Waals surface area contributed by atoms with Gasteiger partial charge in [-0.05, 0) is 31.0 Å². The lowest BCUT2D eigenvalue weighted by Gasteiger charge is -2.25. The van der Waals surface area contributed by atoms with Gasteiger partial charge in [-0.1, -0.05) is 12.1 Å². The maximum absolute atomic E-state index is 13.7. The average molecular weight is 261 g/mol. The van der Waals surface area contributed by atoms with Gasteiger partial charge in [0.15, 0.2) is 0 Å². The van der Waals surface area contributed by atoms with Crippen molar-refractivity contribution in [3.8, 4) is 5.88 Å². The van der Waals surface area contributed by atoms with E-state index >= 15 is 0 Å². The number of halogens is 1. The molecule has 100 valence electrons. The minimum absolute atomic E-state index is 0.294. The molecule has 2 aromatic rings. The van der Waals surface area contributed by atoms with E-state index in [1.54, 1.807) is 26.0 Å². The lowest BCUT2D eigenvalue weighted by Crippen LogP contribution is -2.36. The summed E-state index contributed by atoms with van der Waals surface area (Å²) in [6.45, 7) is 3.46. The molecule has 1 aromatic carbocycles. The third-order valence-corrected chi connectivity index (χ3v) is 3.12. The van der Waals surface area contributed by atoms with Crippen molar-refractivity contribution in [3.05, 3.63) is 53.2 Å². The number of methoxy groups -OCH3 is 1. The van der Waals surface area contributed by atoms with E-state index in [2.05, 4.69) is 9.97 Å². The topological polar surface area (TPSA) is 61.0 Å². The second-order valence-corrected chi connectivity index (χ2v) is 4.58. The number of benzene rings is 1. The van der Waals surface area contributed by atoms with Crippen molar-refractivity contribution < 1.29 is 9.13 Å². The van der Waals surface area contributed by atoms with Crippen LogP contribution in [0.1, 0.15) is 23.7 Å². The van der Waals surface area contributed by atoms with Crippen molar-refractivity contribution >= 4 is 0 Å². The summed E-state index contributed by atoms with van der Waals surface area (Å²) in [5.74, 6) is 0.0468. The predicted molar refractivity (Wildman–Crippen MR) is 70.4 cm³/mol. The van der Waals surface area contributed by atoms with Crippen LogP contribution in [0.4, 0.5) is 4.39 Å². The van der Waals surface area contributed by atoms with Crippen LogP contribution in [0.25, 0.3) is 0 Å². The molecule has 1 atom stereocenters. The first-order valence-corrected chi connectivity index (χ1v) is 5.88. The van der Waals surface area contributed by atoms with Gasteiger partial charge >= 0.3 is 0 Å². The van der Waals surface area contributed by atoms with Gasteiger partial charge < -0.3 is 10.5 Å². The number of nitrogens with zero attached hydrogens (tertiary/aromatic N) is 2. The van der Waals surface area contributed by atoms with Crippen LogP contribution < -0.4 is 10.5 Å². The van der Waals surface area contributed by atoms with Crippen molar-refractivity contribution in [3.63, 3.8) is 0 Å². The summed E-state index contributed by atoms with van der Waals surface area (Å²) in [4.78, 5) is 8.29. The van der Waals surface area contributed by atoms with Crippen LogP contribution in [0.5, 0.6) is 5.88 Å². The van der Waals surface area contributed by atoms with E-state index in [-0.39, 0.29) is 5.82 Å². The Labute approximate surface area is 111 Å². The van der Waals surface area contributed by atoms with Gasteiger partial charge in [0.05, 0.1) is 12.6 Å². The van der Waals surface area contributed by atoms with E-state index < -0.39 is 5.54 Å². The fourth-order valence-electron chi connectivity index (χ4n) is 1.88. The van der Waals surface area contributed by atoms with Crippen LogP contribution >= 0.6 is 0 Å². The molecule has 0 spiro atoms. The van der Waals surface area contributed by atoms with E-state index in [1.165, 1.54) is 25.6 Å². The molecule has 19 heavy (non-hydrogen) atoms. The molecule has 1 aromatic heterocycles. The highest BCUT2D eigenvalue weighted by atomic mass is 19.1. The van der Waals surface area contributed by atoms with Crippen LogP contribution in [0.15, 0.2) is 30.6 Å². The molecule has 2 rings (SSSR count). The number of hydrogen-bond acceptors (Lipinski definition) is 4. The van der Waals surface area contributed by atoms with Gasteiger partial charge in [-0.15, -0.1) is 0 Å². The minimum Gasteiger partial charge on any atom is -0.480 e. The SMILES string of the molecule is COc1nccnc1C(C)(N)c1ccc(C)c(F)c1. The first-order chi connectivity index (χ1) is 8.96. The number of aromatic nitrogens is 2. The van der Waals surface area contributed by atoms with Gasteiger partial charge in [0, 0.05) is 12.4 Å². The van der Waals surface area contributed by atoms with Crippen molar-refractivity contribution in [2.24, 2.45) is 5.73 Å². The fourth-order valence-corrected chi connectivity index (χ4v) is 1.88. The summed E-state index contributed by atoms with van der Waals surface area (Å²) in [7, 11) is 1.50. The Bertz CT molecular complexity index is 599. The third-order valence-electron chi connectivity index (χ3n) is 3.12. The Morgan fingerprint density at radius 3 is 2.58 bits per heavy atom. The van der Waals surface area contributed by atoms with E-state index in [1.807, 2.05) is 0 Å². The number of nitrogens with two attached hydrogens (primary N) is 1. The first kappa shape index (κ1) is 13.4. The summed E-state index contributed by atoms with van der Waals surface area (Å²) >= 11 is 0. The monoisotopic (exact) mass is 261 g/mol. The summed E-state index contributed by atoms with van der Waals surface area (Å²) < 4.78 is 18.8. The number of aryl methyl sites for hydroxylation is 1. The van der Waals surface area contributed by atoms with Crippen LogP contribution in [0.3, 0.4) is 0 Å². The lowest BCUT2D eigenvalue weighted by atomic mass is 9.89. The molecule has 0 radical (unpaired) electrons. The average Bonchev–Trinajstić information content (AvgIpc) is 2.41. The van der Waals surface area contributed by atoms with Gasteiger partial charge in [-0.25, -0.2) is 9.37 Å². The zero-order valence-electron chi connectivity index (χ0n) is 11.1. The maximum Gasteiger partial charge on any atom is 0.237 e. The maximum atomic E-state index is 13.7. The summed E-state index contributed by atoms with van der Waals surface area (Å²) in [6, 6.07) is 4.90. The molecule has 0 aliphatic rings. The standard InChI is InChI=1S/C14H16FN3O/c1-9-4-5-10(8-11(9)15)14(2,16)12-13(19-3)18-7-6-17-12/h4-8H,16H2,1-3H3. The van der Waals surface area contributed by atoms with Gasteiger partial charge in [0.25, 0.3) is 0 Å². The van der Waals surface area contributed by atoms with Gasteiger partial charge in [0.2, 0.25) is 5.88 Å². The highest BCUT2D eigenvalue weighted by molar-refractivity contribution is 5.39. The molecule has 0 fully saturated rings. The van der Waals surface area contributed by atoms with Crippen LogP contribution in [0, 0.1) is 12.7 Å². The summed E-state index contributed by atoms with van der Waals surface area (Å²) in [6.07, 6.45) is 3.06. The molecule has 1 unspecified atom stereocenters. The fraction of sp³-hybridized carbons (Fsp3) is 0.286. The third kappa shape index (κ3) is 2.42. The normalized spacial score (nSPS) is 13.9. The summed E-state index contributed by atoms with van der Waals surface area (Å²) in [5, 5.41) is 0. The molecule has 0 aliphatic carbocycles. The molecule has 0 saturated carbocycles. The van der Waals surface area contributed by atoms with Crippen LogP contribution in [-0.2, 0) is 5.54 Å². The van der Waals surface area contributed by atoms with E-state index in [4.69, 9.17) is 10.5 Å². The predicted octanol–water partition coefficient (Wildman–Crippen LogP) is 2.15. The minimum atomic E-state index is -0.978.